The number of halogens is 1. The Kier molecular flexibility index (Phi) is 4.04. The van der Waals surface area contributed by atoms with Crippen molar-refractivity contribution in [2.24, 2.45) is 0 Å². The fraction of sp³-hybridized carbons (Fsp3) is 0.200. The Morgan fingerprint density at radius 1 is 1.14 bits per heavy atom. The summed E-state index contributed by atoms with van der Waals surface area (Å²) >= 11 is 6.06. The Labute approximate surface area is 127 Å². The summed E-state index contributed by atoms with van der Waals surface area (Å²) < 4.78 is 6.05. The van der Waals surface area contributed by atoms with Crippen LogP contribution in [0.1, 0.15) is 37.7 Å². The van der Waals surface area contributed by atoms with Gasteiger partial charge in [0, 0.05) is 11.3 Å². The minimum Gasteiger partial charge on any atom is -0.465 e. The summed E-state index contributed by atoms with van der Waals surface area (Å²) in [5, 5.41) is 0.320. The van der Waals surface area contributed by atoms with Crippen LogP contribution < -0.4 is 5.84 Å². The second-order valence-corrected chi connectivity index (χ2v) is 5.00. The molecule has 21 heavy (non-hydrogen) atoms. The molecule has 0 aliphatic rings. The Hall–Kier alpha value is -2.27. The van der Waals surface area contributed by atoms with Crippen molar-refractivity contribution in [1.82, 2.24) is 4.68 Å². The molecular formula is C15H15ClN2O3. The molecule has 1 heterocycles. The fourth-order valence-electron chi connectivity index (χ4n) is 2.26. The van der Waals surface area contributed by atoms with Gasteiger partial charge in [0.05, 0.1) is 29.0 Å². The summed E-state index contributed by atoms with van der Waals surface area (Å²) in [5.41, 5.74) is 1.66. The number of nitrogen functional groups attached to an aromatic ring is 1. The Balaban J connectivity index is 2.69. The number of ketones is 1. The van der Waals surface area contributed by atoms with E-state index < -0.39 is 5.97 Å². The maximum atomic E-state index is 12.7. The predicted octanol–water partition coefficient (Wildman–Crippen LogP) is 2.49. The molecule has 0 saturated carbocycles. The van der Waals surface area contributed by atoms with Gasteiger partial charge in [0.2, 0.25) is 0 Å². The number of nitrogens with two attached hydrogens (primary N) is 1. The van der Waals surface area contributed by atoms with Crippen LogP contribution in [-0.2, 0) is 4.74 Å². The van der Waals surface area contributed by atoms with Gasteiger partial charge in [-0.2, -0.15) is 0 Å². The van der Waals surface area contributed by atoms with Gasteiger partial charge in [-0.25, -0.2) is 4.79 Å². The molecule has 2 rings (SSSR count). The third-order valence-corrected chi connectivity index (χ3v) is 3.76. The van der Waals surface area contributed by atoms with Gasteiger partial charge in [0.1, 0.15) is 0 Å². The zero-order chi connectivity index (χ0) is 15.7. The Morgan fingerprint density at radius 2 is 1.71 bits per heavy atom. The highest BCUT2D eigenvalue weighted by atomic mass is 35.5. The lowest BCUT2D eigenvalue weighted by molar-refractivity contribution is 0.0597. The quantitative estimate of drug-likeness (QED) is 0.537. The zero-order valence-corrected chi connectivity index (χ0v) is 12.7. The lowest BCUT2D eigenvalue weighted by atomic mass is 9.99. The molecule has 6 heteroatoms. The van der Waals surface area contributed by atoms with Crippen LogP contribution >= 0.6 is 11.6 Å². The normalized spacial score (nSPS) is 10.5. The summed E-state index contributed by atoms with van der Waals surface area (Å²) in [4.78, 5) is 24.7. The molecule has 2 N–H and O–H groups in total. The molecule has 2 aromatic rings. The van der Waals surface area contributed by atoms with Gasteiger partial charge in [-0.05, 0) is 26.0 Å². The summed E-state index contributed by atoms with van der Waals surface area (Å²) in [7, 11) is 1.26. The smallest absolute Gasteiger partial charge is 0.340 e. The Bertz CT molecular complexity index is 735. The molecule has 1 aromatic heterocycles. The van der Waals surface area contributed by atoms with E-state index >= 15 is 0 Å². The van der Waals surface area contributed by atoms with E-state index in [1.807, 2.05) is 0 Å². The van der Waals surface area contributed by atoms with Gasteiger partial charge in [0.25, 0.3) is 0 Å². The summed E-state index contributed by atoms with van der Waals surface area (Å²) in [5.74, 6) is 4.92. The molecule has 0 aliphatic heterocycles. The summed E-state index contributed by atoms with van der Waals surface area (Å²) in [6.07, 6.45) is 0. The van der Waals surface area contributed by atoms with Crippen LogP contribution in [0.3, 0.4) is 0 Å². The van der Waals surface area contributed by atoms with E-state index in [2.05, 4.69) is 0 Å². The molecule has 0 atom stereocenters. The highest BCUT2D eigenvalue weighted by molar-refractivity contribution is 6.35. The molecule has 5 nitrogen and oxygen atoms in total. The standard InChI is InChI=1S/C15H15ClN2O3/c1-8-12(13(15(20)21-3)9(2)18(8)17)14(19)10-6-4-5-7-11(10)16/h4-7H,17H2,1-3H3. The first-order chi connectivity index (χ1) is 9.90. The van der Waals surface area contributed by atoms with Gasteiger partial charge >= 0.3 is 5.97 Å². The van der Waals surface area contributed by atoms with Crippen molar-refractivity contribution in [3.63, 3.8) is 0 Å². The third kappa shape index (κ3) is 2.40. The highest BCUT2D eigenvalue weighted by Crippen LogP contribution is 2.27. The molecule has 0 amide bonds. The van der Waals surface area contributed by atoms with E-state index in [0.717, 1.165) is 0 Å². The lowest BCUT2D eigenvalue weighted by Crippen LogP contribution is -2.13. The number of esters is 1. The van der Waals surface area contributed by atoms with Crippen LogP contribution in [0.25, 0.3) is 0 Å². The van der Waals surface area contributed by atoms with Crippen LogP contribution in [0.5, 0.6) is 0 Å². The van der Waals surface area contributed by atoms with Crippen molar-refractivity contribution in [2.45, 2.75) is 13.8 Å². The first-order valence-corrected chi connectivity index (χ1v) is 6.62. The van der Waals surface area contributed by atoms with Gasteiger partial charge in [0.15, 0.2) is 5.78 Å². The molecule has 0 bridgehead atoms. The molecule has 0 unspecified atom stereocenters. The topological polar surface area (TPSA) is 74.3 Å². The molecular weight excluding hydrogens is 292 g/mol. The van der Waals surface area contributed by atoms with E-state index in [1.54, 1.807) is 38.1 Å². The highest BCUT2D eigenvalue weighted by Gasteiger charge is 2.28. The van der Waals surface area contributed by atoms with Crippen LogP contribution in [0, 0.1) is 13.8 Å². The summed E-state index contributed by atoms with van der Waals surface area (Å²) in [6.45, 7) is 3.33. The third-order valence-electron chi connectivity index (χ3n) is 3.43. The van der Waals surface area contributed by atoms with Crippen molar-refractivity contribution in [3.05, 3.63) is 57.4 Å². The number of rotatable bonds is 3. The van der Waals surface area contributed by atoms with Crippen molar-refractivity contribution in [1.29, 1.82) is 0 Å². The number of methoxy groups -OCH3 is 1. The van der Waals surface area contributed by atoms with Crippen LogP contribution in [0.15, 0.2) is 24.3 Å². The van der Waals surface area contributed by atoms with Gasteiger partial charge < -0.3 is 10.6 Å². The monoisotopic (exact) mass is 306 g/mol. The maximum absolute atomic E-state index is 12.7. The van der Waals surface area contributed by atoms with Gasteiger partial charge in [-0.1, -0.05) is 23.7 Å². The first kappa shape index (κ1) is 15.1. The number of carbonyl (C=O) groups is 2. The SMILES string of the molecule is COC(=O)c1c(C(=O)c2ccccc2Cl)c(C)n(N)c1C. The number of carbonyl (C=O) groups excluding carboxylic acids is 2. The number of benzene rings is 1. The number of aromatic nitrogens is 1. The minimum atomic E-state index is -0.602. The molecule has 0 aliphatic carbocycles. The van der Waals surface area contributed by atoms with Crippen LogP contribution in [-0.4, -0.2) is 23.5 Å². The van der Waals surface area contributed by atoms with E-state index in [-0.39, 0.29) is 16.9 Å². The van der Waals surface area contributed by atoms with Crippen molar-refractivity contribution < 1.29 is 14.3 Å². The largest absolute Gasteiger partial charge is 0.465 e. The number of ether oxygens (including phenoxy) is 1. The van der Waals surface area contributed by atoms with E-state index in [4.69, 9.17) is 22.2 Å². The summed E-state index contributed by atoms with van der Waals surface area (Å²) in [6, 6.07) is 6.66. The van der Waals surface area contributed by atoms with E-state index in [9.17, 15) is 9.59 Å². The average Bonchev–Trinajstić information content (AvgIpc) is 2.70. The number of hydrogen-bond donors (Lipinski definition) is 1. The van der Waals surface area contributed by atoms with E-state index in [0.29, 0.717) is 22.0 Å². The molecule has 0 fully saturated rings. The molecule has 110 valence electrons. The van der Waals surface area contributed by atoms with Crippen molar-refractivity contribution in [3.8, 4) is 0 Å². The molecule has 0 spiro atoms. The fourth-order valence-corrected chi connectivity index (χ4v) is 2.49. The number of nitrogens with zero attached hydrogens (tertiary/aromatic N) is 1. The zero-order valence-electron chi connectivity index (χ0n) is 11.9. The minimum absolute atomic E-state index is 0.169. The predicted molar refractivity (Wildman–Crippen MR) is 80.3 cm³/mol. The second kappa shape index (κ2) is 5.61. The van der Waals surface area contributed by atoms with Crippen LogP contribution in [0.2, 0.25) is 5.02 Å². The van der Waals surface area contributed by atoms with Gasteiger partial charge in [-0.15, -0.1) is 0 Å². The Morgan fingerprint density at radius 3 is 2.29 bits per heavy atom. The first-order valence-electron chi connectivity index (χ1n) is 6.24. The van der Waals surface area contributed by atoms with Crippen molar-refractivity contribution >= 4 is 23.4 Å². The second-order valence-electron chi connectivity index (χ2n) is 4.59. The molecule has 1 aromatic carbocycles. The van der Waals surface area contributed by atoms with Crippen LogP contribution in [0.4, 0.5) is 0 Å². The lowest BCUT2D eigenvalue weighted by Gasteiger charge is -2.06. The van der Waals surface area contributed by atoms with Gasteiger partial charge in [-0.3, -0.25) is 9.47 Å². The molecule has 0 saturated heterocycles. The maximum Gasteiger partial charge on any atom is 0.340 e. The van der Waals surface area contributed by atoms with E-state index in [1.165, 1.54) is 11.8 Å². The average molecular weight is 307 g/mol. The number of hydrogen-bond acceptors (Lipinski definition) is 4. The molecule has 0 radical (unpaired) electrons. The van der Waals surface area contributed by atoms with Crippen molar-refractivity contribution in [2.75, 3.05) is 13.0 Å².